The summed E-state index contributed by atoms with van der Waals surface area (Å²) in [7, 11) is 0. The number of nitrogens with zero attached hydrogens (tertiary/aromatic N) is 1. The molecule has 4 fully saturated rings. The van der Waals surface area contributed by atoms with Crippen molar-refractivity contribution in [3.63, 3.8) is 0 Å². The fraction of sp³-hybridized carbons (Fsp3) is 0.816. The van der Waals surface area contributed by atoms with Crippen molar-refractivity contribution < 1.29 is 75.0 Å². The molecule has 0 bridgehead atoms. The first-order valence-corrected chi connectivity index (χ1v) is 19.6. The quantitative estimate of drug-likeness (QED) is 0.0516. The zero-order valence-corrected chi connectivity index (χ0v) is 32.9. The largest absolute Gasteiger partial charge is 0.394 e. The highest BCUT2D eigenvalue weighted by Gasteiger charge is 2.54. The van der Waals surface area contributed by atoms with Crippen LogP contribution in [-0.2, 0) is 28.4 Å². The van der Waals surface area contributed by atoms with Crippen LogP contribution in [0.15, 0.2) is 39.9 Å². The van der Waals surface area contributed by atoms with Gasteiger partial charge in [-0.3, -0.25) is 4.99 Å². The Hall–Kier alpha value is -1.79. The maximum absolute atomic E-state index is 11.4. The maximum atomic E-state index is 11.4. The summed E-state index contributed by atoms with van der Waals surface area (Å²) in [4.78, 5) is 4.37. The molecule has 56 heavy (non-hydrogen) atoms. The van der Waals surface area contributed by atoms with Crippen LogP contribution in [0.1, 0.15) is 66.2 Å². The summed E-state index contributed by atoms with van der Waals surface area (Å²) in [6.07, 6.45) is -7.53. The first-order valence-electron chi connectivity index (χ1n) is 19.6. The minimum absolute atomic E-state index is 0.0377. The first kappa shape index (κ1) is 46.9. The molecule has 0 radical (unpaired) electrons. The average Bonchev–Trinajstić information content (AvgIpc) is 3.45. The number of aliphatic hydroxyl groups excluding tert-OH is 8. The molecule has 15 N–H and O–H groups in total. The summed E-state index contributed by atoms with van der Waals surface area (Å²) in [6, 6.07) is -2.64. The van der Waals surface area contributed by atoms with Gasteiger partial charge in [0.15, 0.2) is 18.9 Å². The van der Waals surface area contributed by atoms with Gasteiger partial charge in [0.2, 0.25) is 0 Å². The number of rotatable bonds is 17. The molecule has 0 aromatic rings. The molecule has 1 aliphatic carbocycles. The second-order valence-corrected chi connectivity index (χ2v) is 15.8. The first-order chi connectivity index (χ1) is 26.6. The normalized spacial score (nSPS) is 42.7. The Kier molecular flexibility index (Phi) is 18.4. The number of allylic oxidation sites excluding steroid dienone is 6. The van der Waals surface area contributed by atoms with Crippen molar-refractivity contribution in [2.24, 2.45) is 16.5 Å². The summed E-state index contributed by atoms with van der Waals surface area (Å²) >= 11 is 0. The van der Waals surface area contributed by atoms with Crippen molar-refractivity contribution in [1.82, 2.24) is 0 Å². The molecule has 4 rings (SSSR count). The van der Waals surface area contributed by atoms with Crippen molar-refractivity contribution >= 4 is 6.21 Å². The number of ether oxygens (including phenoxy) is 6. The lowest BCUT2D eigenvalue weighted by atomic mass is 9.84. The van der Waals surface area contributed by atoms with Crippen molar-refractivity contribution in [2.45, 2.75) is 176 Å². The third-order valence-corrected chi connectivity index (χ3v) is 10.8. The second kappa shape index (κ2) is 22.0. The summed E-state index contributed by atoms with van der Waals surface area (Å²) in [6.45, 7) is 7.07. The van der Waals surface area contributed by atoms with Crippen LogP contribution in [0.2, 0.25) is 0 Å². The topological polar surface area (TPSA) is 309 Å². The highest BCUT2D eigenvalue weighted by atomic mass is 16.8. The van der Waals surface area contributed by atoms with Crippen molar-refractivity contribution in [2.75, 3.05) is 19.8 Å². The Morgan fingerprint density at radius 1 is 0.696 bits per heavy atom. The van der Waals surface area contributed by atoms with Crippen molar-refractivity contribution in [3.8, 4) is 0 Å². The summed E-state index contributed by atoms with van der Waals surface area (Å²) < 4.78 is 35.6. The molecule has 18 heteroatoms. The summed E-state index contributed by atoms with van der Waals surface area (Å²) in [5, 5.41) is 84.3. The highest BCUT2D eigenvalue weighted by Crippen LogP contribution is 2.34. The predicted octanol–water partition coefficient (Wildman–Crippen LogP) is -2.98. The second-order valence-electron chi connectivity index (χ2n) is 15.8. The van der Waals surface area contributed by atoms with E-state index in [0.29, 0.717) is 0 Å². The molecule has 3 aliphatic heterocycles. The minimum atomic E-state index is -1.59. The van der Waals surface area contributed by atoms with E-state index >= 15 is 0 Å². The summed E-state index contributed by atoms with van der Waals surface area (Å²) in [5.41, 5.74) is 20.3. The van der Waals surface area contributed by atoms with Crippen LogP contribution in [0.4, 0.5) is 0 Å². The van der Waals surface area contributed by atoms with E-state index in [1.54, 1.807) is 6.21 Å². The van der Waals surface area contributed by atoms with Gasteiger partial charge >= 0.3 is 0 Å². The van der Waals surface area contributed by atoms with Gasteiger partial charge in [0.25, 0.3) is 0 Å². The van der Waals surface area contributed by atoms with E-state index < -0.39 is 123 Å². The molecule has 0 aromatic heterocycles. The van der Waals surface area contributed by atoms with E-state index in [1.807, 2.05) is 13.0 Å². The van der Waals surface area contributed by atoms with Gasteiger partial charge in [0.05, 0.1) is 31.9 Å². The number of quaternary nitrogens is 1. The van der Waals surface area contributed by atoms with Crippen LogP contribution in [0.5, 0.6) is 0 Å². The van der Waals surface area contributed by atoms with E-state index in [1.165, 1.54) is 11.1 Å². The fourth-order valence-corrected chi connectivity index (χ4v) is 7.33. The van der Waals surface area contributed by atoms with Gasteiger partial charge in [-0.15, -0.1) is 0 Å². The molecule has 0 amide bonds. The molecular weight excluding hydrogens is 736 g/mol. The van der Waals surface area contributed by atoms with Crippen molar-refractivity contribution in [3.05, 3.63) is 34.9 Å². The molecule has 0 spiro atoms. The Labute approximate surface area is 328 Å². The van der Waals surface area contributed by atoms with Crippen molar-refractivity contribution in [1.29, 1.82) is 0 Å². The van der Waals surface area contributed by atoms with Crippen LogP contribution in [-0.4, -0.2) is 177 Å². The van der Waals surface area contributed by atoms with Gasteiger partial charge in [-0.2, -0.15) is 0 Å². The molecule has 18 nitrogen and oxygen atoms in total. The van der Waals surface area contributed by atoms with Crippen LogP contribution >= 0.6 is 0 Å². The maximum Gasteiger partial charge on any atom is 0.187 e. The van der Waals surface area contributed by atoms with Gasteiger partial charge in [0, 0.05) is 25.1 Å². The lowest BCUT2D eigenvalue weighted by Crippen LogP contribution is -2.76. The van der Waals surface area contributed by atoms with E-state index in [-0.39, 0.29) is 19.4 Å². The molecule has 1 saturated carbocycles. The Morgan fingerprint density at radius 3 is 2.02 bits per heavy atom. The van der Waals surface area contributed by atoms with Gasteiger partial charge in [-0.1, -0.05) is 28.9 Å². The molecule has 18 atom stereocenters. The van der Waals surface area contributed by atoms with Crippen LogP contribution in [0.3, 0.4) is 0 Å². The van der Waals surface area contributed by atoms with Crippen LogP contribution < -0.4 is 17.2 Å². The van der Waals surface area contributed by atoms with E-state index in [9.17, 15) is 40.9 Å². The minimum Gasteiger partial charge on any atom is -0.394 e. The Morgan fingerprint density at radius 2 is 1.34 bits per heavy atom. The average molecular weight is 804 g/mol. The smallest absolute Gasteiger partial charge is 0.187 e. The molecular formula is C38H67N4O14+. The van der Waals surface area contributed by atoms with Gasteiger partial charge in [-0.25, -0.2) is 0 Å². The Bertz CT molecular complexity index is 1330. The van der Waals surface area contributed by atoms with Crippen LogP contribution in [0, 0.1) is 0 Å². The number of aliphatic imine (C=N–C) groups is 1. The molecule has 322 valence electrons. The zero-order chi connectivity index (χ0) is 41.3. The molecule has 3 saturated heterocycles. The molecule has 4 aliphatic rings. The summed E-state index contributed by atoms with van der Waals surface area (Å²) in [5.74, 6) is 0. The number of aliphatic hydroxyl groups is 8. The van der Waals surface area contributed by atoms with E-state index in [0.717, 1.165) is 31.3 Å². The van der Waals surface area contributed by atoms with E-state index in [2.05, 4.69) is 43.6 Å². The number of hydrogen-bond donors (Lipinski definition) is 11. The third kappa shape index (κ3) is 12.4. The fourth-order valence-electron chi connectivity index (χ4n) is 7.33. The van der Waals surface area contributed by atoms with Crippen LogP contribution in [0.25, 0.3) is 0 Å². The highest BCUT2D eigenvalue weighted by molar-refractivity contribution is 5.72. The number of nitrogens with two attached hydrogens (primary N) is 2. The predicted molar refractivity (Wildman–Crippen MR) is 201 cm³/mol. The zero-order valence-electron chi connectivity index (χ0n) is 32.9. The van der Waals surface area contributed by atoms with E-state index in [4.69, 9.17) is 39.9 Å². The lowest BCUT2D eigenvalue weighted by molar-refractivity contribution is -0.457. The monoisotopic (exact) mass is 803 g/mol. The Balaban J connectivity index is 1.37. The van der Waals surface area contributed by atoms with Gasteiger partial charge in [0.1, 0.15) is 73.2 Å². The van der Waals surface area contributed by atoms with Gasteiger partial charge in [-0.05, 0) is 59.5 Å². The molecule has 0 aromatic carbocycles. The number of hydrogen-bond acceptors (Lipinski definition) is 17. The molecule has 3 heterocycles. The SMILES string of the molecule is CC(C)=CCCC(C)=CCCC(C)=CC=NCC1OC(OC2C(CO)OC(OC3C(O)C([NH3+])CC(N)C3OC3CC(O)C(O)C(CO)O3)C2O)C(N)C(O)C1O. The van der Waals surface area contributed by atoms with Gasteiger partial charge < -0.3 is 86.5 Å². The third-order valence-electron chi connectivity index (χ3n) is 10.8. The standard InChI is InChI=1S/C38H66N4O14/c1-18(2)7-5-8-19(3)9-6-10-20(4)11-12-42-15-24-31(48)32(49)28(41)37(52-24)55-35-26(17-44)53-38(33(35)50)56-36-29(46)21(39)13-22(40)34(36)54-27-14-23(45)30(47)25(16-43)51-27/h7,9,11-12,21-38,43-50H,5-6,8,10,13-17,39-41H2,1-4H3/p+1. The molecule has 18 unspecified atom stereocenters. The lowest BCUT2D eigenvalue weighted by Gasteiger charge is -2.44.